The van der Waals surface area contributed by atoms with Crippen LogP contribution < -0.4 is 4.74 Å². The molecule has 0 radical (unpaired) electrons. The molecule has 0 fully saturated rings. The fourth-order valence-electron chi connectivity index (χ4n) is 2.68. The van der Waals surface area contributed by atoms with Gasteiger partial charge in [-0.2, -0.15) is 0 Å². The second-order valence-corrected chi connectivity index (χ2v) is 7.28. The van der Waals surface area contributed by atoms with Gasteiger partial charge in [0, 0.05) is 12.1 Å². The normalized spacial score (nSPS) is 9.72. The SMILES string of the molecule is COC(=O)c1ccc(F)cc1F.COC(=O)c1ccc(Oc2ccc(F)cc2)cc1F.Oc1ccc(F)cc1. The molecule has 0 heterocycles. The Morgan fingerprint density at radius 1 is 0.564 bits per heavy atom. The Balaban J connectivity index is 0.000000227. The third-order valence-electron chi connectivity index (χ3n) is 4.56. The molecule has 0 aliphatic heterocycles. The van der Waals surface area contributed by atoms with E-state index in [1.54, 1.807) is 0 Å². The van der Waals surface area contributed by atoms with Crippen molar-refractivity contribution in [2.24, 2.45) is 0 Å². The van der Waals surface area contributed by atoms with Crippen molar-refractivity contribution in [3.63, 3.8) is 0 Å². The van der Waals surface area contributed by atoms with Gasteiger partial charge in [-0.3, -0.25) is 0 Å². The van der Waals surface area contributed by atoms with E-state index < -0.39 is 29.4 Å². The first kappa shape index (κ1) is 30.3. The largest absolute Gasteiger partial charge is 0.508 e. The zero-order valence-corrected chi connectivity index (χ0v) is 20.5. The van der Waals surface area contributed by atoms with E-state index in [9.17, 15) is 31.5 Å². The summed E-state index contributed by atoms with van der Waals surface area (Å²) in [5.74, 6) is -4.01. The Morgan fingerprint density at radius 3 is 1.41 bits per heavy atom. The molecule has 0 saturated heterocycles. The van der Waals surface area contributed by atoms with Gasteiger partial charge in [-0.05, 0) is 72.8 Å². The Bertz CT molecular complexity index is 1370. The van der Waals surface area contributed by atoms with Crippen LogP contribution in [0, 0.1) is 29.1 Å². The maximum Gasteiger partial charge on any atom is 0.340 e. The Morgan fingerprint density at radius 2 is 0.974 bits per heavy atom. The minimum Gasteiger partial charge on any atom is -0.508 e. The summed E-state index contributed by atoms with van der Waals surface area (Å²) in [4.78, 5) is 22.0. The van der Waals surface area contributed by atoms with Crippen LogP contribution in [0.25, 0.3) is 0 Å². The molecule has 6 nitrogen and oxygen atoms in total. The van der Waals surface area contributed by atoms with Gasteiger partial charge in [-0.1, -0.05) is 0 Å². The van der Waals surface area contributed by atoms with E-state index in [0.717, 1.165) is 25.3 Å². The Hall–Kier alpha value is -4.93. The van der Waals surface area contributed by atoms with Crippen LogP contribution in [0.15, 0.2) is 84.9 Å². The summed E-state index contributed by atoms with van der Waals surface area (Å²) in [6, 6.07) is 16.7. The summed E-state index contributed by atoms with van der Waals surface area (Å²) in [7, 11) is 2.30. The molecule has 0 aliphatic rings. The highest BCUT2D eigenvalue weighted by Gasteiger charge is 2.13. The molecule has 0 spiro atoms. The quantitative estimate of drug-likeness (QED) is 0.223. The number of hydrogen-bond acceptors (Lipinski definition) is 6. The second-order valence-electron chi connectivity index (χ2n) is 7.28. The lowest BCUT2D eigenvalue weighted by Gasteiger charge is -2.07. The molecule has 0 aliphatic carbocycles. The minimum atomic E-state index is -0.915. The van der Waals surface area contributed by atoms with E-state index >= 15 is 0 Å². The molecular formula is C28H21F5O6. The lowest BCUT2D eigenvalue weighted by atomic mass is 10.2. The highest BCUT2D eigenvalue weighted by molar-refractivity contribution is 5.90. The first-order valence-electron chi connectivity index (χ1n) is 10.8. The molecule has 1 N–H and O–H groups in total. The van der Waals surface area contributed by atoms with Crippen LogP contribution in [0.2, 0.25) is 0 Å². The van der Waals surface area contributed by atoms with Crippen LogP contribution in [-0.2, 0) is 9.47 Å². The number of methoxy groups -OCH3 is 2. The Labute approximate surface area is 219 Å². The first-order valence-corrected chi connectivity index (χ1v) is 10.8. The zero-order valence-electron chi connectivity index (χ0n) is 20.5. The number of carbonyl (C=O) groups is 2. The van der Waals surface area contributed by atoms with Gasteiger partial charge >= 0.3 is 11.9 Å². The summed E-state index contributed by atoms with van der Waals surface area (Å²) < 4.78 is 77.4. The van der Waals surface area contributed by atoms with E-state index in [0.29, 0.717) is 11.8 Å². The van der Waals surface area contributed by atoms with Gasteiger partial charge in [0.05, 0.1) is 25.3 Å². The van der Waals surface area contributed by atoms with Crippen LogP contribution in [0.3, 0.4) is 0 Å². The number of esters is 2. The molecule has 0 aromatic heterocycles. The highest BCUT2D eigenvalue weighted by atomic mass is 19.1. The first-order chi connectivity index (χ1) is 18.5. The number of halogens is 5. The molecule has 39 heavy (non-hydrogen) atoms. The van der Waals surface area contributed by atoms with Gasteiger partial charge in [0.15, 0.2) is 0 Å². The number of hydrogen-bond donors (Lipinski definition) is 1. The number of carbonyl (C=O) groups excluding carboxylic acids is 2. The van der Waals surface area contributed by atoms with Crippen molar-refractivity contribution in [3.8, 4) is 17.2 Å². The van der Waals surface area contributed by atoms with E-state index in [4.69, 9.17) is 9.84 Å². The van der Waals surface area contributed by atoms with Crippen LogP contribution in [0.4, 0.5) is 22.0 Å². The highest BCUT2D eigenvalue weighted by Crippen LogP contribution is 2.24. The van der Waals surface area contributed by atoms with Crippen LogP contribution >= 0.6 is 0 Å². The van der Waals surface area contributed by atoms with E-state index in [-0.39, 0.29) is 34.3 Å². The van der Waals surface area contributed by atoms with E-state index in [2.05, 4.69) is 9.47 Å². The predicted molar refractivity (Wildman–Crippen MR) is 130 cm³/mol. The van der Waals surface area contributed by atoms with Crippen molar-refractivity contribution in [2.45, 2.75) is 0 Å². The molecule has 0 saturated carbocycles. The standard InChI is InChI=1S/C14H10F2O3.C8H6F2O2.C6H5FO/c1-18-14(17)12-7-6-11(8-13(12)16)19-10-4-2-9(15)3-5-10;1-12-8(11)6-3-2-5(9)4-7(6)10;7-5-1-3-6(8)4-2-5/h2-8H,1H3;2-4H,1H3;1-4,8H. The smallest absolute Gasteiger partial charge is 0.340 e. The summed E-state index contributed by atoms with van der Waals surface area (Å²) in [5.41, 5.74) is -0.437. The zero-order chi connectivity index (χ0) is 28.9. The molecule has 204 valence electrons. The molecule has 0 atom stereocenters. The average molecular weight is 548 g/mol. The molecule has 0 bridgehead atoms. The summed E-state index contributed by atoms with van der Waals surface area (Å²) in [5, 5.41) is 8.59. The van der Waals surface area contributed by atoms with Gasteiger partial charge in [-0.15, -0.1) is 0 Å². The maximum atomic E-state index is 13.6. The van der Waals surface area contributed by atoms with Gasteiger partial charge in [0.25, 0.3) is 0 Å². The minimum absolute atomic E-state index is 0.0893. The van der Waals surface area contributed by atoms with Gasteiger partial charge in [-0.25, -0.2) is 31.5 Å². The number of ether oxygens (including phenoxy) is 3. The molecule has 11 heteroatoms. The Kier molecular flexibility index (Phi) is 11.4. The number of phenols is 1. The van der Waals surface area contributed by atoms with Gasteiger partial charge < -0.3 is 19.3 Å². The number of aromatic hydroxyl groups is 1. The van der Waals surface area contributed by atoms with Crippen molar-refractivity contribution < 1.29 is 50.9 Å². The van der Waals surface area contributed by atoms with E-state index in [1.165, 1.54) is 67.8 Å². The van der Waals surface area contributed by atoms with E-state index in [1.807, 2.05) is 0 Å². The molecule has 0 amide bonds. The average Bonchev–Trinajstić information content (AvgIpc) is 2.92. The number of phenolic OH excluding ortho intramolecular Hbond substituents is 1. The van der Waals surface area contributed by atoms with Gasteiger partial charge in [0.1, 0.15) is 46.3 Å². The van der Waals surface area contributed by atoms with Crippen molar-refractivity contribution in [1.29, 1.82) is 0 Å². The third-order valence-corrected chi connectivity index (χ3v) is 4.56. The second kappa shape index (κ2) is 14.7. The lowest BCUT2D eigenvalue weighted by molar-refractivity contribution is 0.0586. The fourth-order valence-corrected chi connectivity index (χ4v) is 2.68. The monoisotopic (exact) mass is 548 g/mol. The molecule has 4 aromatic carbocycles. The number of rotatable bonds is 4. The molecule has 4 rings (SSSR count). The summed E-state index contributed by atoms with van der Waals surface area (Å²) in [6.07, 6.45) is 0. The molecule has 4 aromatic rings. The summed E-state index contributed by atoms with van der Waals surface area (Å²) >= 11 is 0. The van der Waals surface area contributed by atoms with Crippen molar-refractivity contribution in [1.82, 2.24) is 0 Å². The third kappa shape index (κ3) is 9.80. The molecule has 0 unspecified atom stereocenters. The maximum absolute atomic E-state index is 13.6. The van der Waals surface area contributed by atoms with Crippen molar-refractivity contribution >= 4 is 11.9 Å². The van der Waals surface area contributed by atoms with Crippen molar-refractivity contribution in [2.75, 3.05) is 14.2 Å². The fraction of sp³-hybridized carbons (Fsp3) is 0.0714. The predicted octanol–water partition coefficient (Wildman–Crippen LogP) is 6.83. The van der Waals surface area contributed by atoms with Crippen molar-refractivity contribution in [3.05, 3.63) is 125 Å². The molecular weight excluding hydrogens is 527 g/mol. The topological polar surface area (TPSA) is 82.1 Å². The van der Waals surface area contributed by atoms with Crippen LogP contribution in [0.1, 0.15) is 20.7 Å². The lowest BCUT2D eigenvalue weighted by Crippen LogP contribution is -2.04. The van der Waals surface area contributed by atoms with Crippen LogP contribution in [0.5, 0.6) is 17.2 Å². The number of benzene rings is 4. The van der Waals surface area contributed by atoms with Gasteiger partial charge in [0.2, 0.25) is 0 Å². The summed E-state index contributed by atoms with van der Waals surface area (Å²) in [6.45, 7) is 0. The van der Waals surface area contributed by atoms with Crippen LogP contribution in [-0.4, -0.2) is 31.3 Å².